The molecule has 0 amide bonds. The van der Waals surface area contributed by atoms with Crippen LogP contribution in [0.4, 0.5) is 0 Å². The molecule has 0 atom stereocenters. The van der Waals surface area contributed by atoms with Crippen LogP contribution in [0.1, 0.15) is 15.9 Å². The van der Waals surface area contributed by atoms with E-state index in [0.29, 0.717) is 36.6 Å². The monoisotopic (exact) mass is 432 g/mol. The number of ether oxygens (including phenoxy) is 2. The number of benzene rings is 2. The van der Waals surface area contributed by atoms with Gasteiger partial charge >= 0.3 is 0 Å². The summed E-state index contributed by atoms with van der Waals surface area (Å²) in [6, 6.07) is 8.42. The van der Waals surface area contributed by atoms with Crippen LogP contribution in [0.5, 0.6) is 11.5 Å². The van der Waals surface area contributed by atoms with Gasteiger partial charge in [0.05, 0.1) is 24.8 Å². The lowest BCUT2D eigenvalue weighted by atomic mass is 10.0. The first-order chi connectivity index (χ1) is 9.97. The molecule has 0 fully saturated rings. The van der Waals surface area contributed by atoms with Crippen molar-refractivity contribution < 1.29 is 14.3 Å². The Bertz CT molecular complexity index is 702. The largest absolute Gasteiger partial charge is 0.497 e. The highest BCUT2D eigenvalue weighted by molar-refractivity contribution is 9.10. The van der Waals surface area contributed by atoms with Gasteiger partial charge in [-0.25, -0.2) is 0 Å². The molecule has 0 aliphatic heterocycles. The van der Waals surface area contributed by atoms with Gasteiger partial charge in [-0.05, 0) is 56.1 Å². The van der Waals surface area contributed by atoms with E-state index >= 15 is 0 Å². The van der Waals surface area contributed by atoms with Crippen LogP contribution in [0.15, 0.2) is 39.3 Å². The van der Waals surface area contributed by atoms with E-state index in [1.165, 1.54) is 7.11 Å². The van der Waals surface area contributed by atoms with Crippen LogP contribution in [0.2, 0.25) is 5.02 Å². The maximum absolute atomic E-state index is 12.7. The molecule has 0 unspecified atom stereocenters. The summed E-state index contributed by atoms with van der Waals surface area (Å²) in [6.45, 7) is 0. The second kappa shape index (κ2) is 6.81. The fourth-order valence-electron chi connectivity index (χ4n) is 1.84. The molecular formula is C15H11Br2ClO3. The second-order valence-corrected chi connectivity index (χ2v) is 6.26. The van der Waals surface area contributed by atoms with Crippen LogP contribution in [-0.4, -0.2) is 20.0 Å². The molecule has 3 nitrogen and oxygen atoms in total. The molecule has 110 valence electrons. The van der Waals surface area contributed by atoms with Crippen LogP contribution in [-0.2, 0) is 0 Å². The van der Waals surface area contributed by atoms with Crippen LogP contribution in [0, 0.1) is 0 Å². The number of ketones is 1. The highest BCUT2D eigenvalue weighted by Gasteiger charge is 2.20. The fraction of sp³-hybridized carbons (Fsp3) is 0.133. The van der Waals surface area contributed by atoms with Crippen molar-refractivity contribution in [2.24, 2.45) is 0 Å². The minimum Gasteiger partial charge on any atom is -0.497 e. The van der Waals surface area contributed by atoms with Gasteiger partial charge in [-0.15, -0.1) is 0 Å². The van der Waals surface area contributed by atoms with Crippen LogP contribution >= 0.6 is 43.5 Å². The molecule has 2 aromatic rings. The molecule has 0 spiro atoms. The Kier molecular flexibility index (Phi) is 5.30. The van der Waals surface area contributed by atoms with E-state index in [-0.39, 0.29) is 5.78 Å². The van der Waals surface area contributed by atoms with Gasteiger partial charge < -0.3 is 9.47 Å². The van der Waals surface area contributed by atoms with Gasteiger partial charge in [-0.3, -0.25) is 4.79 Å². The third-order valence-corrected chi connectivity index (χ3v) is 4.73. The van der Waals surface area contributed by atoms with E-state index in [9.17, 15) is 4.79 Å². The lowest BCUT2D eigenvalue weighted by Gasteiger charge is -2.12. The van der Waals surface area contributed by atoms with Crippen LogP contribution < -0.4 is 9.47 Å². The fourth-order valence-corrected chi connectivity index (χ4v) is 2.94. The van der Waals surface area contributed by atoms with Crippen molar-refractivity contribution in [2.75, 3.05) is 14.2 Å². The molecule has 0 saturated carbocycles. The van der Waals surface area contributed by atoms with Crippen molar-refractivity contribution in [2.45, 2.75) is 0 Å². The molecule has 21 heavy (non-hydrogen) atoms. The number of halogens is 3. The zero-order valence-corrected chi connectivity index (χ0v) is 15.2. The van der Waals surface area contributed by atoms with E-state index in [1.807, 2.05) is 0 Å². The maximum Gasteiger partial charge on any atom is 0.197 e. The maximum atomic E-state index is 12.7. The van der Waals surface area contributed by atoms with Crippen molar-refractivity contribution in [3.05, 3.63) is 55.4 Å². The molecule has 2 rings (SSSR count). The minimum atomic E-state index is -0.168. The van der Waals surface area contributed by atoms with E-state index in [1.54, 1.807) is 37.4 Å². The predicted molar refractivity (Wildman–Crippen MR) is 89.8 cm³/mol. The third kappa shape index (κ3) is 3.42. The Labute approximate surface area is 144 Å². The average molecular weight is 435 g/mol. The summed E-state index contributed by atoms with van der Waals surface area (Å²) in [6.07, 6.45) is 0. The standard InChI is InChI=1S/C15H11Br2ClO3/c1-20-9-6-11(17)14(13(7-9)21-2)15(19)8-3-4-12(18)10(16)5-8/h3-7H,1-2H3. The predicted octanol–water partition coefficient (Wildman–Crippen LogP) is 5.11. The van der Waals surface area contributed by atoms with Gasteiger partial charge in [0.1, 0.15) is 11.5 Å². The number of rotatable bonds is 4. The Morgan fingerprint density at radius 3 is 2.33 bits per heavy atom. The van der Waals surface area contributed by atoms with E-state index in [4.69, 9.17) is 21.1 Å². The molecule has 0 bridgehead atoms. The molecule has 6 heteroatoms. The van der Waals surface area contributed by atoms with Crippen molar-refractivity contribution in [1.29, 1.82) is 0 Å². The van der Waals surface area contributed by atoms with E-state index in [2.05, 4.69) is 31.9 Å². The summed E-state index contributed by atoms with van der Waals surface area (Å²) < 4.78 is 11.7. The Morgan fingerprint density at radius 2 is 1.76 bits per heavy atom. The lowest BCUT2D eigenvalue weighted by molar-refractivity contribution is 0.103. The normalized spacial score (nSPS) is 10.3. The number of carbonyl (C=O) groups is 1. The van der Waals surface area contributed by atoms with E-state index < -0.39 is 0 Å². The lowest BCUT2D eigenvalue weighted by Crippen LogP contribution is -2.06. The van der Waals surface area contributed by atoms with Crippen LogP contribution in [0.25, 0.3) is 0 Å². The molecule has 0 aliphatic carbocycles. The summed E-state index contributed by atoms with van der Waals surface area (Å²) in [5, 5.41) is 0.548. The molecule has 0 saturated heterocycles. The summed E-state index contributed by atoms with van der Waals surface area (Å²) in [5.74, 6) is 0.878. The van der Waals surface area contributed by atoms with E-state index in [0.717, 1.165) is 0 Å². The molecule has 0 heterocycles. The highest BCUT2D eigenvalue weighted by Crippen LogP contribution is 2.35. The molecule has 0 radical (unpaired) electrons. The van der Waals surface area contributed by atoms with Crippen molar-refractivity contribution >= 4 is 49.2 Å². The van der Waals surface area contributed by atoms with Gasteiger partial charge in [-0.1, -0.05) is 11.6 Å². The molecule has 0 N–H and O–H groups in total. The zero-order valence-electron chi connectivity index (χ0n) is 11.2. The number of hydrogen-bond donors (Lipinski definition) is 0. The summed E-state index contributed by atoms with van der Waals surface area (Å²) in [7, 11) is 3.06. The Hall–Kier alpha value is -1.04. The van der Waals surface area contributed by atoms with Gasteiger partial charge in [0, 0.05) is 20.6 Å². The van der Waals surface area contributed by atoms with Crippen molar-refractivity contribution in [1.82, 2.24) is 0 Å². The zero-order chi connectivity index (χ0) is 15.6. The first kappa shape index (κ1) is 16.3. The Morgan fingerprint density at radius 1 is 1.05 bits per heavy atom. The Balaban J connectivity index is 2.54. The average Bonchev–Trinajstić information content (AvgIpc) is 2.48. The summed E-state index contributed by atoms with van der Waals surface area (Å²) in [5.41, 5.74) is 0.947. The first-order valence-electron chi connectivity index (χ1n) is 5.89. The van der Waals surface area contributed by atoms with Gasteiger partial charge in [-0.2, -0.15) is 0 Å². The topological polar surface area (TPSA) is 35.5 Å². The van der Waals surface area contributed by atoms with Gasteiger partial charge in [0.15, 0.2) is 5.78 Å². The molecular weight excluding hydrogens is 423 g/mol. The molecule has 2 aromatic carbocycles. The minimum absolute atomic E-state index is 0.168. The number of methoxy groups -OCH3 is 2. The van der Waals surface area contributed by atoms with Crippen LogP contribution in [0.3, 0.4) is 0 Å². The number of carbonyl (C=O) groups excluding carboxylic acids is 1. The SMILES string of the molecule is COc1cc(Br)c(C(=O)c2ccc(Cl)c(Br)c2)c(OC)c1. The van der Waals surface area contributed by atoms with Gasteiger partial charge in [0.2, 0.25) is 0 Å². The van der Waals surface area contributed by atoms with Crippen molar-refractivity contribution in [3.63, 3.8) is 0 Å². The first-order valence-corrected chi connectivity index (χ1v) is 7.85. The van der Waals surface area contributed by atoms with Gasteiger partial charge in [0.25, 0.3) is 0 Å². The highest BCUT2D eigenvalue weighted by atomic mass is 79.9. The number of hydrogen-bond acceptors (Lipinski definition) is 3. The second-order valence-electron chi connectivity index (χ2n) is 4.14. The summed E-state index contributed by atoms with van der Waals surface area (Å²) in [4.78, 5) is 12.7. The third-order valence-electron chi connectivity index (χ3n) is 2.89. The molecule has 0 aromatic heterocycles. The van der Waals surface area contributed by atoms with Crippen molar-refractivity contribution in [3.8, 4) is 11.5 Å². The summed E-state index contributed by atoms with van der Waals surface area (Å²) >= 11 is 12.7. The smallest absolute Gasteiger partial charge is 0.197 e. The quantitative estimate of drug-likeness (QED) is 0.627. The molecule has 0 aliphatic rings.